The first-order valence-corrected chi connectivity index (χ1v) is 5.93. The molecular weight excluding hydrogens is 272 g/mol. The van der Waals surface area contributed by atoms with E-state index in [9.17, 15) is 5.11 Å². The Morgan fingerprint density at radius 2 is 2.12 bits per heavy atom. The predicted molar refractivity (Wildman–Crippen MR) is 66.8 cm³/mol. The summed E-state index contributed by atoms with van der Waals surface area (Å²) in [5, 5.41) is 9.28. The van der Waals surface area contributed by atoms with Gasteiger partial charge in [-0.25, -0.2) is 0 Å². The van der Waals surface area contributed by atoms with Crippen LogP contribution in [0.2, 0.25) is 0 Å². The number of hydrogen-bond acceptors (Lipinski definition) is 3. The third-order valence-electron chi connectivity index (χ3n) is 2.21. The average molecular weight is 289 g/mol. The number of rotatable bonds is 5. The van der Waals surface area contributed by atoms with Crippen LogP contribution >= 0.6 is 15.9 Å². The summed E-state index contributed by atoms with van der Waals surface area (Å²) in [5.41, 5.74) is 1.79. The Hall–Kier alpha value is -0.580. The number of aliphatic hydroxyl groups is 1. The fourth-order valence-electron chi connectivity index (χ4n) is 1.56. The molecule has 0 amide bonds. The minimum absolute atomic E-state index is 0.0322. The van der Waals surface area contributed by atoms with Gasteiger partial charge in [0.1, 0.15) is 11.9 Å². The molecule has 1 aromatic rings. The van der Waals surface area contributed by atoms with E-state index in [1.807, 2.05) is 26.0 Å². The third-order valence-corrected chi connectivity index (χ3v) is 2.66. The molecule has 0 bridgehead atoms. The molecule has 0 heterocycles. The number of methoxy groups -OCH3 is 1. The summed E-state index contributed by atoms with van der Waals surface area (Å²) in [6, 6.07) is 3.83. The van der Waals surface area contributed by atoms with E-state index in [0.717, 1.165) is 21.3 Å². The van der Waals surface area contributed by atoms with E-state index in [1.54, 1.807) is 7.11 Å². The molecule has 0 spiro atoms. The highest BCUT2D eigenvalue weighted by Gasteiger charge is 2.11. The second-order valence-corrected chi connectivity index (χ2v) is 4.67. The summed E-state index contributed by atoms with van der Waals surface area (Å²) in [7, 11) is 1.64. The third kappa shape index (κ3) is 3.47. The van der Waals surface area contributed by atoms with Crippen LogP contribution in [0.25, 0.3) is 0 Å². The van der Waals surface area contributed by atoms with Crippen LogP contribution in [0.1, 0.15) is 18.1 Å². The summed E-state index contributed by atoms with van der Waals surface area (Å²) >= 11 is 3.39. The minimum atomic E-state index is -0.0324. The molecule has 1 aromatic carbocycles. The molecule has 3 nitrogen and oxygen atoms in total. The standard InChI is InChI=1S/C12H17BrO3/c1-8-4-11(13)5-10(6-14)12(8)16-9(2)7-15-3/h4-5,9,14H,6-7H2,1-3H3. The highest BCUT2D eigenvalue weighted by Crippen LogP contribution is 2.28. The van der Waals surface area contributed by atoms with Gasteiger partial charge in [0.15, 0.2) is 0 Å². The summed E-state index contributed by atoms with van der Waals surface area (Å²) in [6.45, 7) is 4.39. The van der Waals surface area contributed by atoms with Gasteiger partial charge in [0, 0.05) is 17.1 Å². The van der Waals surface area contributed by atoms with Crippen molar-refractivity contribution in [3.63, 3.8) is 0 Å². The van der Waals surface area contributed by atoms with Gasteiger partial charge in [-0.2, -0.15) is 0 Å². The first-order valence-electron chi connectivity index (χ1n) is 5.14. The van der Waals surface area contributed by atoms with Crippen molar-refractivity contribution in [1.82, 2.24) is 0 Å². The maximum absolute atomic E-state index is 9.28. The lowest BCUT2D eigenvalue weighted by Crippen LogP contribution is -2.19. The van der Waals surface area contributed by atoms with Gasteiger partial charge in [0.25, 0.3) is 0 Å². The highest BCUT2D eigenvalue weighted by molar-refractivity contribution is 9.10. The van der Waals surface area contributed by atoms with Crippen molar-refractivity contribution >= 4 is 15.9 Å². The smallest absolute Gasteiger partial charge is 0.128 e. The number of aliphatic hydroxyl groups excluding tert-OH is 1. The van der Waals surface area contributed by atoms with Gasteiger partial charge in [-0.05, 0) is 31.5 Å². The lowest BCUT2D eigenvalue weighted by Gasteiger charge is -2.18. The monoisotopic (exact) mass is 288 g/mol. The maximum atomic E-state index is 9.28. The molecule has 16 heavy (non-hydrogen) atoms. The van der Waals surface area contributed by atoms with E-state index in [1.165, 1.54) is 0 Å². The van der Waals surface area contributed by atoms with E-state index in [-0.39, 0.29) is 12.7 Å². The molecule has 0 fully saturated rings. The van der Waals surface area contributed by atoms with Gasteiger partial charge in [-0.1, -0.05) is 15.9 Å². The second kappa shape index (κ2) is 6.23. The van der Waals surface area contributed by atoms with Crippen molar-refractivity contribution in [1.29, 1.82) is 0 Å². The molecule has 90 valence electrons. The molecule has 0 aliphatic heterocycles. The van der Waals surface area contributed by atoms with Crippen LogP contribution in [0, 0.1) is 6.92 Å². The molecule has 4 heteroatoms. The van der Waals surface area contributed by atoms with Crippen LogP contribution in [0.3, 0.4) is 0 Å². The normalized spacial score (nSPS) is 12.6. The molecule has 1 unspecified atom stereocenters. The van der Waals surface area contributed by atoms with Crippen molar-refractivity contribution in [2.75, 3.05) is 13.7 Å². The molecule has 1 N–H and O–H groups in total. The van der Waals surface area contributed by atoms with Crippen molar-refractivity contribution in [3.05, 3.63) is 27.7 Å². The van der Waals surface area contributed by atoms with Crippen LogP contribution in [0.5, 0.6) is 5.75 Å². The van der Waals surface area contributed by atoms with Gasteiger partial charge >= 0.3 is 0 Å². The molecular formula is C12H17BrO3. The van der Waals surface area contributed by atoms with E-state index in [4.69, 9.17) is 9.47 Å². The topological polar surface area (TPSA) is 38.7 Å². The molecule has 0 radical (unpaired) electrons. The van der Waals surface area contributed by atoms with Crippen LogP contribution in [-0.2, 0) is 11.3 Å². The Balaban J connectivity index is 2.93. The summed E-state index contributed by atoms with van der Waals surface area (Å²) in [6.07, 6.45) is -0.0322. The lowest BCUT2D eigenvalue weighted by molar-refractivity contribution is 0.0898. The number of aryl methyl sites for hydroxylation is 1. The second-order valence-electron chi connectivity index (χ2n) is 3.75. The van der Waals surface area contributed by atoms with Crippen molar-refractivity contribution in [2.24, 2.45) is 0 Å². The lowest BCUT2D eigenvalue weighted by atomic mass is 10.1. The molecule has 0 saturated heterocycles. The Kier molecular flexibility index (Phi) is 5.25. The van der Waals surface area contributed by atoms with Gasteiger partial charge in [0.2, 0.25) is 0 Å². The van der Waals surface area contributed by atoms with Crippen molar-refractivity contribution < 1.29 is 14.6 Å². The van der Waals surface area contributed by atoms with Crippen LogP contribution in [-0.4, -0.2) is 24.9 Å². The number of hydrogen-bond donors (Lipinski definition) is 1. The van der Waals surface area contributed by atoms with Crippen molar-refractivity contribution in [2.45, 2.75) is 26.6 Å². The zero-order chi connectivity index (χ0) is 12.1. The number of halogens is 1. The Morgan fingerprint density at radius 1 is 1.44 bits per heavy atom. The maximum Gasteiger partial charge on any atom is 0.128 e. The van der Waals surface area contributed by atoms with Crippen LogP contribution in [0.4, 0.5) is 0 Å². The Morgan fingerprint density at radius 3 is 2.69 bits per heavy atom. The fraction of sp³-hybridized carbons (Fsp3) is 0.500. The Labute approximate surface area is 105 Å². The fourth-order valence-corrected chi connectivity index (χ4v) is 2.17. The molecule has 0 aliphatic rings. The van der Waals surface area contributed by atoms with Gasteiger partial charge < -0.3 is 14.6 Å². The van der Waals surface area contributed by atoms with E-state index in [0.29, 0.717) is 6.61 Å². The quantitative estimate of drug-likeness (QED) is 0.905. The van der Waals surface area contributed by atoms with Crippen LogP contribution < -0.4 is 4.74 Å². The molecule has 0 saturated carbocycles. The number of benzene rings is 1. The predicted octanol–water partition coefficient (Wildman–Crippen LogP) is 2.66. The van der Waals surface area contributed by atoms with Gasteiger partial charge in [0.05, 0.1) is 13.2 Å². The molecule has 0 aromatic heterocycles. The SMILES string of the molecule is COCC(C)Oc1c(C)cc(Br)cc1CO. The number of ether oxygens (including phenoxy) is 2. The first-order chi connectivity index (χ1) is 7.58. The zero-order valence-corrected chi connectivity index (χ0v) is 11.4. The summed E-state index contributed by atoms with van der Waals surface area (Å²) in [5.74, 6) is 0.746. The average Bonchev–Trinajstić information content (AvgIpc) is 2.22. The zero-order valence-electron chi connectivity index (χ0n) is 9.79. The highest BCUT2D eigenvalue weighted by atomic mass is 79.9. The first kappa shape index (κ1) is 13.5. The largest absolute Gasteiger partial charge is 0.488 e. The minimum Gasteiger partial charge on any atom is -0.488 e. The molecule has 0 aliphatic carbocycles. The van der Waals surface area contributed by atoms with Crippen LogP contribution in [0.15, 0.2) is 16.6 Å². The molecule has 1 rings (SSSR count). The van der Waals surface area contributed by atoms with Gasteiger partial charge in [-0.15, -0.1) is 0 Å². The van der Waals surface area contributed by atoms with Crippen molar-refractivity contribution in [3.8, 4) is 5.75 Å². The Bertz CT molecular complexity index is 352. The van der Waals surface area contributed by atoms with E-state index in [2.05, 4.69) is 15.9 Å². The summed E-state index contributed by atoms with van der Waals surface area (Å²) < 4.78 is 11.7. The van der Waals surface area contributed by atoms with E-state index < -0.39 is 0 Å². The van der Waals surface area contributed by atoms with Gasteiger partial charge in [-0.3, -0.25) is 0 Å². The molecule has 1 atom stereocenters. The summed E-state index contributed by atoms with van der Waals surface area (Å²) in [4.78, 5) is 0. The van der Waals surface area contributed by atoms with E-state index >= 15 is 0 Å².